The van der Waals surface area contributed by atoms with E-state index in [9.17, 15) is 4.79 Å². The predicted molar refractivity (Wildman–Crippen MR) is 66.4 cm³/mol. The van der Waals surface area contributed by atoms with Gasteiger partial charge in [-0.25, -0.2) is 4.79 Å². The maximum absolute atomic E-state index is 10.8. The lowest BCUT2D eigenvalue weighted by atomic mass is 9.69. The van der Waals surface area contributed by atoms with Gasteiger partial charge in [-0.3, -0.25) is 0 Å². The summed E-state index contributed by atoms with van der Waals surface area (Å²) in [5.74, 6) is 0.397. The first-order valence-electron chi connectivity index (χ1n) is 6.37. The summed E-state index contributed by atoms with van der Waals surface area (Å²) in [6.07, 6.45) is 5.16. The molecule has 0 unspecified atom stereocenters. The van der Waals surface area contributed by atoms with Gasteiger partial charge in [0, 0.05) is 5.92 Å². The van der Waals surface area contributed by atoms with Crippen molar-refractivity contribution in [1.82, 2.24) is 0 Å². The molecule has 18 heavy (non-hydrogen) atoms. The Labute approximate surface area is 106 Å². The van der Waals surface area contributed by atoms with Gasteiger partial charge >= 0.3 is 0 Å². The molecule has 0 N–H and O–H groups in total. The van der Waals surface area contributed by atoms with Crippen LogP contribution < -0.4 is 0 Å². The van der Waals surface area contributed by atoms with Crippen molar-refractivity contribution >= 4 is 6.08 Å². The minimum absolute atomic E-state index is 0.110. The second-order valence-corrected chi connectivity index (χ2v) is 5.29. The van der Waals surface area contributed by atoms with Crippen LogP contribution in [0.25, 0.3) is 0 Å². The first kappa shape index (κ1) is 11.2. The highest BCUT2D eigenvalue weighted by Crippen LogP contribution is 2.53. The molecule has 90 valence electrons. The number of aliphatic imine (C=N–C) groups is 1. The van der Waals surface area contributed by atoms with Gasteiger partial charge in [0.05, 0.1) is 6.07 Å². The number of nitriles is 1. The third-order valence-electron chi connectivity index (χ3n) is 4.50. The number of rotatable bonds is 1. The van der Waals surface area contributed by atoms with Crippen LogP contribution in [-0.2, 0) is 16.8 Å². The van der Waals surface area contributed by atoms with E-state index < -0.39 is 5.54 Å². The Morgan fingerprint density at radius 2 is 2.22 bits per heavy atom. The highest BCUT2D eigenvalue weighted by Gasteiger charge is 2.50. The van der Waals surface area contributed by atoms with Crippen LogP contribution in [0.5, 0.6) is 0 Å². The second-order valence-electron chi connectivity index (χ2n) is 5.29. The third-order valence-corrected chi connectivity index (χ3v) is 4.50. The molecule has 3 atom stereocenters. The number of benzene rings is 1. The minimum Gasteiger partial charge on any atom is -0.211 e. The van der Waals surface area contributed by atoms with Gasteiger partial charge in [0.1, 0.15) is 5.54 Å². The van der Waals surface area contributed by atoms with E-state index in [0.717, 1.165) is 25.7 Å². The average molecular weight is 238 g/mol. The fourth-order valence-electron chi connectivity index (χ4n) is 3.65. The lowest BCUT2D eigenvalue weighted by molar-refractivity contribution is 0.185. The summed E-state index contributed by atoms with van der Waals surface area (Å²) in [5, 5.41) is 9.08. The molecular weight excluding hydrogens is 224 g/mol. The first-order chi connectivity index (χ1) is 8.80. The van der Waals surface area contributed by atoms with Crippen LogP contribution in [0.4, 0.5) is 0 Å². The van der Waals surface area contributed by atoms with Crippen molar-refractivity contribution in [3.8, 4) is 6.07 Å². The van der Waals surface area contributed by atoms with E-state index in [2.05, 4.69) is 23.2 Å². The van der Waals surface area contributed by atoms with Gasteiger partial charge < -0.3 is 0 Å². The van der Waals surface area contributed by atoms with Crippen LogP contribution in [0, 0.1) is 23.2 Å². The topological polar surface area (TPSA) is 53.2 Å². The molecule has 2 aliphatic carbocycles. The van der Waals surface area contributed by atoms with Gasteiger partial charge in [-0.05, 0) is 42.7 Å². The second kappa shape index (κ2) is 4.08. The van der Waals surface area contributed by atoms with Crippen LogP contribution >= 0.6 is 0 Å². The Morgan fingerprint density at radius 1 is 1.39 bits per heavy atom. The van der Waals surface area contributed by atoms with Crippen LogP contribution in [-0.4, -0.2) is 6.08 Å². The Kier molecular flexibility index (Phi) is 2.54. The van der Waals surface area contributed by atoms with Gasteiger partial charge in [0.25, 0.3) is 0 Å². The molecule has 0 aliphatic heterocycles. The Hall–Kier alpha value is -1.91. The minimum atomic E-state index is -0.397. The van der Waals surface area contributed by atoms with Crippen LogP contribution in [0.2, 0.25) is 0 Å². The molecule has 1 aromatic carbocycles. The quantitative estimate of drug-likeness (QED) is 0.558. The van der Waals surface area contributed by atoms with E-state index >= 15 is 0 Å². The number of fused-ring (bicyclic) bond motifs is 3. The van der Waals surface area contributed by atoms with E-state index in [0.29, 0.717) is 0 Å². The van der Waals surface area contributed by atoms with Gasteiger partial charge in [0.2, 0.25) is 6.08 Å². The number of isocyanates is 1. The molecule has 0 saturated heterocycles. The molecule has 1 aromatic rings. The normalized spacial score (nSPS) is 32.8. The molecule has 2 aliphatic rings. The zero-order chi connectivity index (χ0) is 12.6. The van der Waals surface area contributed by atoms with Crippen LogP contribution in [0.3, 0.4) is 0 Å². The summed E-state index contributed by atoms with van der Waals surface area (Å²) >= 11 is 0. The van der Waals surface area contributed by atoms with E-state index in [1.807, 2.05) is 12.1 Å². The molecule has 1 fully saturated rings. The summed E-state index contributed by atoms with van der Waals surface area (Å²) in [6.45, 7) is 0. The van der Waals surface area contributed by atoms with Crippen molar-refractivity contribution in [3.05, 3.63) is 35.4 Å². The molecule has 0 spiro atoms. The predicted octanol–water partition coefficient (Wildman–Crippen LogP) is 2.71. The molecule has 0 bridgehead atoms. The van der Waals surface area contributed by atoms with E-state index in [4.69, 9.17) is 5.26 Å². The highest BCUT2D eigenvalue weighted by atomic mass is 16.1. The number of carbonyl (C=O) groups excluding carboxylic acids is 1. The van der Waals surface area contributed by atoms with Crippen molar-refractivity contribution in [2.24, 2.45) is 16.8 Å². The number of hydrogen-bond donors (Lipinski definition) is 0. The molecule has 3 nitrogen and oxygen atoms in total. The van der Waals surface area contributed by atoms with Gasteiger partial charge in [-0.1, -0.05) is 24.3 Å². The van der Waals surface area contributed by atoms with Gasteiger partial charge in [-0.2, -0.15) is 10.3 Å². The summed E-state index contributed by atoms with van der Waals surface area (Å²) < 4.78 is 0. The molecule has 0 heterocycles. The van der Waals surface area contributed by atoms with Crippen LogP contribution in [0.15, 0.2) is 29.3 Å². The maximum Gasteiger partial charge on any atom is 0.235 e. The standard InChI is InChI=1S/C15H14N2O/c16-9-11-5-6-15(17-10-18)13(7-11)8-12-3-1-2-4-14(12)15/h1-4,11,13H,5-8H2/t11-,13+,15-/m1/s1. The fourth-order valence-corrected chi connectivity index (χ4v) is 3.65. The highest BCUT2D eigenvalue weighted by molar-refractivity contribution is 5.46. The largest absolute Gasteiger partial charge is 0.235 e. The smallest absolute Gasteiger partial charge is 0.211 e. The maximum atomic E-state index is 10.8. The first-order valence-corrected chi connectivity index (χ1v) is 6.37. The molecule has 1 saturated carbocycles. The van der Waals surface area contributed by atoms with Gasteiger partial charge in [-0.15, -0.1) is 0 Å². The molecule has 3 rings (SSSR count). The molecule has 3 heteroatoms. The number of hydrogen-bond acceptors (Lipinski definition) is 3. The zero-order valence-electron chi connectivity index (χ0n) is 10.1. The lowest BCUT2D eigenvalue weighted by Gasteiger charge is -2.37. The summed E-state index contributed by atoms with van der Waals surface area (Å²) in [4.78, 5) is 15.0. The summed E-state index contributed by atoms with van der Waals surface area (Å²) in [6, 6.07) is 10.6. The van der Waals surface area contributed by atoms with E-state index in [1.165, 1.54) is 11.1 Å². The SMILES string of the molecule is N#C[C@@H]1CC[C@]2(N=C=O)c3ccccc3C[C@@H]2C1. The van der Waals surface area contributed by atoms with E-state index in [1.54, 1.807) is 6.08 Å². The average Bonchev–Trinajstić information content (AvgIpc) is 2.72. The molecule has 0 aromatic heterocycles. The van der Waals surface area contributed by atoms with Crippen molar-refractivity contribution < 1.29 is 4.79 Å². The summed E-state index contributed by atoms with van der Waals surface area (Å²) in [7, 11) is 0. The van der Waals surface area contributed by atoms with Crippen molar-refractivity contribution in [2.45, 2.75) is 31.2 Å². The molecular formula is C15H14N2O. The number of nitrogens with zero attached hydrogens (tertiary/aromatic N) is 2. The Balaban J connectivity index is 2.09. The van der Waals surface area contributed by atoms with Gasteiger partial charge in [0.15, 0.2) is 0 Å². The van der Waals surface area contributed by atoms with Crippen molar-refractivity contribution in [2.75, 3.05) is 0 Å². The molecule has 0 amide bonds. The molecule has 0 radical (unpaired) electrons. The fraction of sp³-hybridized carbons (Fsp3) is 0.467. The van der Waals surface area contributed by atoms with Crippen LogP contribution in [0.1, 0.15) is 30.4 Å². The lowest BCUT2D eigenvalue weighted by Crippen LogP contribution is -2.35. The Bertz CT molecular complexity index is 568. The Morgan fingerprint density at radius 3 is 3.00 bits per heavy atom. The third kappa shape index (κ3) is 1.43. The monoisotopic (exact) mass is 238 g/mol. The van der Waals surface area contributed by atoms with Crippen molar-refractivity contribution in [3.63, 3.8) is 0 Å². The zero-order valence-corrected chi connectivity index (χ0v) is 10.1. The van der Waals surface area contributed by atoms with Crippen molar-refractivity contribution in [1.29, 1.82) is 5.26 Å². The summed E-state index contributed by atoms with van der Waals surface area (Å²) in [5.41, 5.74) is 2.06. The van der Waals surface area contributed by atoms with E-state index in [-0.39, 0.29) is 11.8 Å².